The van der Waals surface area contributed by atoms with E-state index in [9.17, 15) is 0 Å². The minimum absolute atomic E-state index is 0.403. The summed E-state index contributed by atoms with van der Waals surface area (Å²) in [6, 6.07) is 71.5. The van der Waals surface area contributed by atoms with Gasteiger partial charge in [0, 0.05) is 17.9 Å². The standard InChI is InChI=1S/C56H37N/c1-2-13-36-32-54-50(31-35(36)12-1)47-19-7-9-21-51(47)56(54)52-22-10-8-20-48(52)55-40(16-11-23-53(55)56)34-57(42-26-27-46-41(30-42)29-38-15-3-5-17-44(38)46)43-25-24-39-28-37-14-4-6-18-45(37)49(39)33-43/h1-27,30-33H,28-29,34H2. The van der Waals surface area contributed by atoms with Gasteiger partial charge in [-0.05, 0) is 155 Å². The molecule has 266 valence electrons. The fourth-order valence-electron chi connectivity index (χ4n) is 11.2. The molecule has 1 heteroatoms. The molecule has 9 aromatic carbocycles. The van der Waals surface area contributed by atoms with Crippen LogP contribution in [0.15, 0.2) is 188 Å². The van der Waals surface area contributed by atoms with Gasteiger partial charge in [-0.2, -0.15) is 0 Å². The molecule has 0 aliphatic heterocycles. The molecule has 1 spiro atoms. The minimum atomic E-state index is -0.403. The van der Waals surface area contributed by atoms with E-state index in [1.165, 1.54) is 117 Å². The van der Waals surface area contributed by atoms with E-state index in [1.807, 2.05) is 0 Å². The fourth-order valence-corrected chi connectivity index (χ4v) is 11.2. The van der Waals surface area contributed by atoms with Crippen molar-refractivity contribution in [3.05, 3.63) is 238 Å². The molecule has 1 atom stereocenters. The van der Waals surface area contributed by atoms with Crippen molar-refractivity contribution >= 4 is 22.1 Å². The average Bonchev–Trinajstić information content (AvgIpc) is 3.99. The molecule has 0 fully saturated rings. The van der Waals surface area contributed by atoms with E-state index in [0.717, 1.165) is 19.4 Å². The van der Waals surface area contributed by atoms with Crippen molar-refractivity contribution in [3.63, 3.8) is 0 Å². The summed E-state index contributed by atoms with van der Waals surface area (Å²) in [5.41, 5.74) is 25.4. The van der Waals surface area contributed by atoms with Crippen molar-refractivity contribution in [2.75, 3.05) is 4.90 Å². The van der Waals surface area contributed by atoms with Crippen LogP contribution < -0.4 is 4.90 Å². The molecular weight excluding hydrogens is 687 g/mol. The molecule has 1 unspecified atom stereocenters. The highest BCUT2D eigenvalue weighted by atomic mass is 15.1. The number of nitrogens with zero attached hydrogens (tertiary/aromatic N) is 1. The van der Waals surface area contributed by atoms with Crippen LogP contribution in [0.4, 0.5) is 11.4 Å². The van der Waals surface area contributed by atoms with Crippen LogP contribution in [0.1, 0.15) is 50.1 Å². The molecule has 0 N–H and O–H groups in total. The van der Waals surface area contributed by atoms with E-state index in [2.05, 4.69) is 193 Å². The molecule has 13 rings (SSSR count). The first-order valence-electron chi connectivity index (χ1n) is 20.3. The second-order valence-corrected chi connectivity index (χ2v) is 16.4. The van der Waals surface area contributed by atoms with E-state index in [-0.39, 0.29) is 0 Å². The Hall–Kier alpha value is -6.96. The van der Waals surface area contributed by atoms with E-state index < -0.39 is 5.41 Å². The van der Waals surface area contributed by atoms with Crippen LogP contribution in [0.2, 0.25) is 0 Å². The summed E-state index contributed by atoms with van der Waals surface area (Å²) in [4.78, 5) is 2.58. The lowest BCUT2D eigenvalue weighted by molar-refractivity contribution is 0.793. The van der Waals surface area contributed by atoms with Crippen LogP contribution in [-0.4, -0.2) is 0 Å². The van der Waals surface area contributed by atoms with Crippen LogP contribution in [0.5, 0.6) is 0 Å². The Kier molecular flexibility index (Phi) is 6.33. The highest BCUT2D eigenvalue weighted by Gasteiger charge is 2.52. The zero-order valence-corrected chi connectivity index (χ0v) is 31.5. The molecular formula is C56H37N. The Morgan fingerprint density at radius 1 is 0.351 bits per heavy atom. The highest BCUT2D eigenvalue weighted by molar-refractivity contribution is 6.00. The van der Waals surface area contributed by atoms with Gasteiger partial charge in [-0.3, -0.25) is 0 Å². The molecule has 0 radical (unpaired) electrons. The average molecular weight is 724 g/mol. The normalized spacial score (nSPS) is 15.7. The molecule has 4 aliphatic rings. The summed E-state index contributed by atoms with van der Waals surface area (Å²) >= 11 is 0. The maximum Gasteiger partial charge on any atom is 0.0725 e. The molecule has 9 aromatic rings. The molecule has 1 nitrogen and oxygen atoms in total. The van der Waals surface area contributed by atoms with Gasteiger partial charge in [-0.1, -0.05) is 152 Å². The Morgan fingerprint density at radius 2 is 0.912 bits per heavy atom. The number of hydrogen-bond acceptors (Lipinski definition) is 1. The Morgan fingerprint density at radius 3 is 1.72 bits per heavy atom. The molecule has 0 saturated heterocycles. The maximum atomic E-state index is 2.58. The number of rotatable bonds is 4. The summed E-state index contributed by atoms with van der Waals surface area (Å²) in [5, 5.41) is 2.57. The van der Waals surface area contributed by atoms with Gasteiger partial charge in [0.1, 0.15) is 0 Å². The molecule has 0 heterocycles. The van der Waals surface area contributed by atoms with Gasteiger partial charge in [-0.25, -0.2) is 0 Å². The zero-order valence-electron chi connectivity index (χ0n) is 31.5. The van der Waals surface area contributed by atoms with E-state index in [4.69, 9.17) is 0 Å². The maximum absolute atomic E-state index is 2.58. The monoisotopic (exact) mass is 723 g/mol. The molecule has 4 aliphatic carbocycles. The van der Waals surface area contributed by atoms with Crippen molar-refractivity contribution in [1.29, 1.82) is 0 Å². The first kappa shape index (κ1) is 31.3. The summed E-state index contributed by atoms with van der Waals surface area (Å²) in [5.74, 6) is 0. The smallest absolute Gasteiger partial charge is 0.0725 e. The van der Waals surface area contributed by atoms with Crippen LogP contribution in [0.25, 0.3) is 55.3 Å². The van der Waals surface area contributed by atoms with Gasteiger partial charge in [0.2, 0.25) is 0 Å². The van der Waals surface area contributed by atoms with Gasteiger partial charge < -0.3 is 4.90 Å². The second kappa shape index (κ2) is 11.5. The summed E-state index contributed by atoms with van der Waals surface area (Å²) < 4.78 is 0. The van der Waals surface area contributed by atoms with Crippen molar-refractivity contribution < 1.29 is 0 Å². The third-order valence-electron chi connectivity index (χ3n) is 13.6. The van der Waals surface area contributed by atoms with Crippen LogP contribution in [0.3, 0.4) is 0 Å². The van der Waals surface area contributed by atoms with Crippen molar-refractivity contribution in [1.82, 2.24) is 0 Å². The first-order valence-corrected chi connectivity index (χ1v) is 20.3. The van der Waals surface area contributed by atoms with Crippen LogP contribution in [0, 0.1) is 0 Å². The van der Waals surface area contributed by atoms with E-state index in [0.29, 0.717) is 0 Å². The van der Waals surface area contributed by atoms with Gasteiger partial charge in [0.05, 0.1) is 5.41 Å². The zero-order chi connectivity index (χ0) is 37.2. The Balaban J connectivity index is 1.03. The van der Waals surface area contributed by atoms with Crippen molar-refractivity contribution in [2.24, 2.45) is 0 Å². The largest absolute Gasteiger partial charge is 0.337 e. The van der Waals surface area contributed by atoms with E-state index >= 15 is 0 Å². The molecule has 0 saturated carbocycles. The lowest BCUT2D eigenvalue weighted by atomic mass is 9.70. The number of fused-ring (bicyclic) bond motifs is 17. The van der Waals surface area contributed by atoms with Gasteiger partial charge in [0.15, 0.2) is 0 Å². The minimum Gasteiger partial charge on any atom is -0.337 e. The lowest BCUT2D eigenvalue weighted by Gasteiger charge is -2.31. The fraction of sp³-hybridized carbons (Fsp3) is 0.0714. The second-order valence-electron chi connectivity index (χ2n) is 16.4. The highest BCUT2D eigenvalue weighted by Crippen LogP contribution is 2.64. The molecule has 57 heavy (non-hydrogen) atoms. The van der Waals surface area contributed by atoms with Crippen LogP contribution >= 0.6 is 0 Å². The number of anilines is 2. The Bertz CT molecular complexity index is 3180. The SMILES string of the molecule is c1ccc2c(c1)Cc1cc(N(Cc3cccc4c3-c3ccccc3C43c4ccccc4-c4cc5ccccc5cc43)c3ccc4c(c3)-c3ccccc3C4)ccc1-2. The number of benzene rings is 9. The first-order chi connectivity index (χ1) is 28.2. The quantitative estimate of drug-likeness (QED) is 0.175. The molecule has 0 aromatic heterocycles. The predicted molar refractivity (Wildman–Crippen MR) is 235 cm³/mol. The third kappa shape index (κ3) is 4.24. The topological polar surface area (TPSA) is 3.24 Å². The summed E-state index contributed by atoms with van der Waals surface area (Å²) in [6.07, 6.45) is 1.96. The Labute approximate surface area is 333 Å². The van der Waals surface area contributed by atoms with Gasteiger partial charge in [0.25, 0.3) is 0 Å². The molecule has 0 bridgehead atoms. The summed E-state index contributed by atoms with van der Waals surface area (Å²) in [6.45, 7) is 0.742. The lowest BCUT2D eigenvalue weighted by Crippen LogP contribution is -2.26. The van der Waals surface area contributed by atoms with Gasteiger partial charge >= 0.3 is 0 Å². The van der Waals surface area contributed by atoms with Crippen LogP contribution in [-0.2, 0) is 24.8 Å². The van der Waals surface area contributed by atoms with Crippen molar-refractivity contribution in [2.45, 2.75) is 24.8 Å². The van der Waals surface area contributed by atoms with E-state index in [1.54, 1.807) is 0 Å². The van der Waals surface area contributed by atoms with Gasteiger partial charge in [-0.15, -0.1) is 0 Å². The van der Waals surface area contributed by atoms with Crippen molar-refractivity contribution in [3.8, 4) is 44.5 Å². The summed E-state index contributed by atoms with van der Waals surface area (Å²) in [7, 11) is 0. The third-order valence-corrected chi connectivity index (χ3v) is 13.6. The molecule has 0 amide bonds. The predicted octanol–water partition coefficient (Wildman–Crippen LogP) is 13.7. The number of hydrogen-bond donors (Lipinski definition) is 0.